The quantitative estimate of drug-likeness (QED) is 0.689. The van der Waals surface area contributed by atoms with E-state index in [1.165, 1.54) is 4.90 Å². The van der Waals surface area contributed by atoms with Crippen LogP contribution in [0.5, 0.6) is 0 Å². The number of nitrogens with zero attached hydrogens (tertiary/aromatic N) is 1. The zero-order chi connectivity index (χ0) is 22.5. The van der Waals surface area contributed by atoms with Crippen molar-refractivity contribution >= 4 is 23.6 Å². The van der Waals surface area contributed by atoms with E-state index in [0.717, 1.165) is 12.0 Å². The highest BCUT2D eigenvalue weighted by atomic mass is 16.5. The number of benzene rings is 2. The molecule has 1 atom stereocenters. The molecule has 1 heterocycles. The maximum Gasteiger partial charge on any atom is 0.338 e. The Morgan fingerprint density at radius 3 is 2.48 bits per heavy atom. The lowest BCUT2D eigenvalue weighted by Gasteiger charge is -2.33. The number of nitrogens with one attached hydrogen (secondary N) is 2. The van der Waals surface area contributed by atoms with Gasteiger partial charge in [-0.3, -0.25) is 4.79 Å². The number of anilines is 1. The molecule has 1 unspecified atom stereocenters. The number of hydrogen-bond acceptors (Lipinski definition) is 4. The zero-order valence-corrected chi connectivity index (χ0v) is 18.2. The van der Waals surface area contributed by atoms with Gasteiger partial charge in [-0.25, -0.2) is 9.59 Å². The molecule has 2 N–H and O–H groups in total. The normalized spacial score (nSPS) is 16.1. The Bertz CT molecular complexity index is 1030. The van der Waals surface area contributed by atoms with Crippen LogP contribution in [-0.2, 0) is 16.0 Å². The molecule has 3 amide bonds. The summed E-state index contributed by atoms with van der Waals surface area (Å²) < 4.78 is 5.21. The zero-order valence-electron chi connectivity index (χ0n) is 18.2. The minimum atomic E-state index is -0.677. The number of esters is 1. The van der Waals surface area contributed by atoms with Gasteiger partial charge < -0.3 is 20.3 Å². The van der Waals surface area contributed by atoms with Gasteiger partial charge in [0.1, 0.15) is 0 Å². The number of rotatable bonds is 6. The molecular weight excluding hydrogens is 394 g/mol. The molecule has 0 radical (unpaired) electrons. The second-order valence-corrected chi connectivity index (χ2v) is 7.29. The van der Waals surface area contributed by atoms with Crippen LogP contribution in [0.3, 0.4) is 0 Å². The number of amides is 3. The average molecular weight is 421 g/mol. The SMILES string of the molecule is CCOC(=O)C1=C(C)N(C)C(=O)NC1c1cccc(NC(=O)c2ccc(CC)cc2)c1. The van der Waals surface area contributed by atoms with E-state index >= 15 is 0 Å². The van der Waals surface area contributed by atoms with Crippen LogP contribution in [-0.4, -0.2) is 36.5 Å². The van der Waals surface area contributed by atoms with Crippen LogP contribution in [0.1, 0.15) is 48.3 Å². The molecule has 0 bridgehead atoms. The van der Waals surface area contributed by atoms with Crippen molar-refractivity contribution in [3.63, 3.8) is 0 Å². The van der Waals surface area contributed by atoms with Gasteiger partial charge in [0.25, 0.3) is 5.91 Å². The summed E-state index contributed by atoms with van der Waals surface area (Å²) in [6.07, 6.45) is 0.905. The molecule has 0 saturated carbocycles. The van der Waals surface area contributed by atoms with Crippen LogP contribution in [0.4, 0.5) is 10.5 Å². The summed E-state index contributed by atoms with van der Waals surface area (Å²) in [5.41, 5.74) is 3.84. The highest BCUT2D eigenvalue weighted by molar-refractivity contribution is 6.04. The summed E-state index contributed by atoms with van der Waals surface area (Å²) in [5.74, 6) is -0.716. The summed E-state index contributed by atoms with van der Waals surface area (Å²) in [4.78, 5) is 39.0. The van der Waals surface area contributed by atoms with Crippen molar-refractivity contribution in [3.05, 3.63) is 76.5 Å². The minimum Gasteiger partial charge on any atom is -0.463 e. The Morgan fingerprint density at radius 2 is 1.84 bits per heavy atom. The van der Waals surface area contributed by atoms with Crippen molar-refractivity contribution in [2.45, 2.75) is 33.2 Å². The molecule has 0 fully saturated rings. The van der Waals surface area contributed by atoms with Crippen molar-refractivity contribution in [2.24, 2.45) is 0 Å². The van der Waals surface area contributed by atoms with Gasteiger partial charge in [0.15, 0.2) is 0 Å². The van der Waals surface area contributed by atoms with Crippen molar-refractivity contribution in [3.8, 4) is 0 Å². The minimum absolute atomic E-state index is 0.229. The van der Waals surface area contributed by atoms with Crippen LogP contribution in [0.25, 0.3) is 0 Å². The number of carbonyl (C=O) groups excluding carboxylic acids is 3. The first kappa shape index (κ1) is 22.1. The molecule has 1 aliphatic rings. The van der Waals surface area contributed by atoms with E-state index in [4.69, 9.17) is 4.74 Å². The molecule has 31 heavy (non-hydrogen) atoms. The standard InChI is InChI=1S/C24H27N3O4/c1-5-16-10-12-17(13-11-16)22(28)25-19-9-7-8-18(14-19)21-20(23(29)31-6-2)15(3)27(4)24(30)26-21/h7-14,21H,5-6H2,1-4H3,(H,25,28)(H,26,30). The third-order valence-corrected chi connectivity index (χ3v) is 5.35. The number of carbonyl (C=O) groups is 3. The summed E-state index contributed by atoms with van der Waals surface area (Å²) in [6, 6.07) is 13.5. The second kappa shape index (κ2) is 9.47. The lowest BCUT2D eigenvalue weighted by Crippen LogP contribution is -2.46. The van der Waals surface area contributed by atoms with Crippen molar-refractivity contribution in [1.29, 1.82) is 0 Å². The van der Waals surface area contributed by atoms with E-state index in [2.05, 4.69) is 17.6 Å². The van der Waals surface area contributed by atoms with Crippen molar-refractivity contribution < 1.29 is 19.1 Å². The van der Waals surface area contributed by atoms with Gasteiger partial charge >= 0.3 is 12.0 Å². The van der Waals surface area contributed by atoms with E-state index in [0.29, 0.717) is 28.1 Å². The maximum atomic E-state index is 12.6. The molecule has 0 spiro atoms. The van der Waals surface area contributed by atoms with Crippen LogP contribution in [0.2, 0.25) is 0 Å². The van der Waals surface area contributed by atoms with Gasteiger partial charge in [0.2, 0.25) is 0 Å². The predicted octanol–water partition coefficient (Wildman–Crippen LogP) is 4.03. The number of urea groups is 1. The molecule has 0 aliphatic carbocycles. The molecule has 0 aromatic heterocycles. The molecule has 2 aromatic carbocycles. The monoisotopic (exact) mass is 421 g/mol. The van der Waals surface area contributed by atoms with Crippen LogP contribution < -0.4 is 10.6 Å². The number of allylic oxidation sites excluding steroid dienone is 1. The molecule has 3 rings (SSSR count). The first-order valence-electron chi connectivity index (χ1n) is 10.3. The lowest BCUT2D eigenvalue weighted by atomic mass is 9.94. The maximum absolute atomic E-state index is 12.6. The highest BCUT2D eigenvalue weighted by Crippen LogP contribution is 2.31. The largest absolute Gasteiger partial charge is 0.463 e. The third-order valence-electron chi connectivity index (χ3n) is 5.35. The Balaban J connectivity index is 1.89. The summed E-state index contributed by atoms with van der Waals surface area (Å²) in [7, 11) is 1.60. The van der Waals surface area contributed by atoms with Crippen LogP contribution in [0, 0.1) is 0 Å². The first-order valence-corrected chi connectivity index (χ1v) is 10.3. The molecule has 1 aliphatic heterocycles. The fourth-order valence-electron chi connectivity index (χ4n) is 3.45. The molecule has 7 heteroatoms. The number of hydrogen-bond donors (Lipinski definition) is 2. The van der Waals surface area contributed by atoms with Crippen LogP contribution >= 0.6 is 0 Å². The molecule has 7 nitrogen and oxygen atoms in total. The van der Waals surface area contributed by atoms with Gasteiger partial charge in [-0.2, -0.15) is 0 Å². The Kier molecular flexibility index (Phi) is 6.74. The first-order chi connectivity index (χ1) is 14.8. The van der Waals surface area contributed by atoms with Gasteiger partial charge in [0.05, 0.1) is 18.2 Å². The Morgan fingerprint density at radius 1 is 1.13 bits per heavy atom. The van der Waals surface area contributed by atoms with E-state index in [1.54, 1.807) is 57.3 Å². The van der Waals surface area contributed by atoms with Crippen molar-refractivity contribution in [2.75, 3.05) is 19.0 Å². The summed E-state index contributed by atoms with van der Waals surface area (Å²) in [5, 5.41) is 5.72. The molecule has 162 valence electrons. The van der Waals surface area contributed by atoms with Gasteiger partial charge in [-0.05, 0) is 55.7 Å². The highest BCUT2D eigenvalue weighted by Gasteiger charge is 2.35. The Labute approximate surface area is 182 Å². The van der Waals surface area contributed by atoms with E-state index in [-0.39, 0.29) is 18.5 Å². The van der Waals surface area contributed by atoms with E-state index in [9.17, 15) is 14.4 Å². The third kappa shape index (κ3) is 4.77. The number of ether oxygens (including phenoxy) is 1. The lowest BCUT2D eigenvalue weighted by molar-refractivity contribution is -0.139. The number of aryl methyl sites for hydroxylation is 1. The van der Waals surface area contributed by atoms with Gasteiger partial charge in [-0.15, -0.1) is 0 Å². The fraction of sp³-hybridized carbons (Fsp3) is 0.292. The molecular formula is C24H27N3O4. The average Bonchev–Trinajstić information content (AvgIpc) is 2.77. The summed E-state index contributed by atoms with van der Waals surface area (Å²) in [6.45, 7) is 5.73. The summed E-state index contributed by atoms with van der Waals surface area (Å²) >= 11 is 0. The molecule has 0 saturated heterocycles. The fourth-order valence-corrected chi connectivity index (χ4v) is 3.45. The van der Waals surface area contributed by atoms with E-state index in [1.807, 2.05) is 12.1 Å². The topological polar surface area (TPSA) is 87.7 Å². The van der Waals surface area contributed by atoms with Crippen molar-refractivity contribution in [1.82, 2.24) is 10.2 Å². The smallest absolute Gasteiger partial charge is 0.338 e. The Hall–Kier alpha value is -3.61. The van der Waals surface area contributed by atoms with Crippen LogP contribution in [0.15, 0.2) is 59.8 Å². The van der Waals surface area contributed by atoms with E-state index < -0.39 is 12.0 Å². The van der Waals surface area contributed by atoms with Gasteiger partial charge in [0, 0.05) is 24.0 Å². The second-order valence-electron chi connectivity index (χ2n) is 7.29. The van der Waals surface area contributed by atoms with Gasteiger partial charge in [-0.1, -0.05) is 31.2 Å². The predicted molar refractivity (Wildman–Crippen MR) is 119 cm³/mol. The molecule has 2 aromatic rings.